The normalized spacial score (nSPS) is 9.89. The van der Waals surface area contributed by atoms with Gasteiger partial charge in [0, 0.05) is 6.54 Å². The zero-order chi connectivity index (χ0) is 13.5. The molecule has 0 fully saturated rings. The molecule has 0 aliphatic rings. The quantitative estimate of drug-likeness (QED) is 0.856. The van der Waals surface area contributed by atoms with Gasteiger partial charge in [0.2, 0.25) is 0 Å². The van der Waals surface area contributed by atoms with Crippen LogP contribution in [0.15, 0.2) is 42.6 Å². The van der Waals surface area contributed by atoms with Crippen molar-refractivity contribution in [3.05, 3.63) is 59.4 Å². The molecule has 0 spiro atoms. The van der Waals surface area contributed by atoms with Crippen LogP contribution < -0.4 is 5.32 Å². The van der Waals surface area contributed by atoms with Crippen LogP contribution in [0.25, 0.3) is 0 Å². The molecule has 0 saturated carbocycles. The van der Waals surface area contributed by atoms with E-state index in [0.29, 0.717) is 5.69 Å². The lowest BCUT2D eigenvalue weighted by Crippen LogP contribution is -2.05. The van der Waals surface area contributed by atoms with E-state index in [1.54, 1.807) is 12.3 Å². The summed E-state index contributed by atoms with van der Waals surface area (Å²) in [5.74, 6) is 0. The molecule has 2 N–H and O–H groups in total. The van der Waals surface area contributed by atoms with Crippen LogP contribution >= 0.6 is 0 Å². The predicted octanol–water partition coefficient (Wildman–Crippen LogP) is 2.10. The first-order chi connectivity index (χ1) is 9.31. The molecule has 0 atom stereocenters. The second-order valence-electron chi connectivity index (χ2n) is 4.20. The number of nitrogens with zero attached hydrogens (tertiary/aromatic N) is 2. The Labute approximate surface area is 112 Å². The van der Waals surface area contributed by atoms with Crippen LogP contribution in [-0.2, 0) is 13.0 Å². The molecule has 0 amide bonds. The lowest BCUT2D eigenvalue weighted by molar-refractivity contribution is 0.282. The van der Waals surface area contributed by atoms with Crippen LogP contribution in [-0.4, -0.2) is 16.6 Å². The number of aliphatic hydroxyl groups is 1. The van der Waals surface area contributed by atoms with E-state index in [1.165, 1.54) is 5.56 Å². The molecule has 0 aliphatic heterocycles. The van der Waals surface area contributed by atoms with E-state index in [9.17, 15) is 0 Å². The maximum atomic E-state index is 8.95. The van der Waals surface area contributed by atoms with Crippen LogP contribution in [0.1, 0.15) is 16.8 Å². The lowest BCUT2D eigenvalue weighted by atomic mass is 10.1. The molecule has 1 aromatic heterocycles. The Morgan fingerprint density at radius 3 is 2.42 bits per heavy atom. The average molecular weight is 253 g/mol. The fourth-order valence-corrected chi connectivity index (χ4v) is 1.73. The Kier molecular flexibility index (Phi) is 4.49. The summed E-state index contributed by atoms with van der Waals surface area (Å²) in [5, 5.41) is 20.9. The number of aliphatic hydroxyl groups excluding tert-OH is 1. The third kappa shape index (κ3) is 3.80. The number of aromatic nitrogens is 1. The van der Waals surface area contributed by atoms with Gasteiger partial charge in [-0.15, -0.1) is 0 Å². The number of nitrogens with one attached hydrogen (secondary N) is 1. The number of benzene rings is 1. The Hall–Kier alpha value is -2.38. The van der Waals surface area contributed by atoms with Crippen LogP contribution in [0.3, 0.4) is 0 Å². The second kappa shape index (κ2) is 6.53. The average Bonchev–Trinajstić information content (AvgIpc) is 2.49. The maximum Gasteiger partial charge on any atom is 0.140 e. The molecule has 2 aromatic rings. The van der Waals surface area contributed by atoms with E-state index < -0.39 is 0 Å². The first-order valence-corrected chi connectivity index (χ1v) is 6.10. The third-order valence-electron chi connectivity index (χ3n) is 2.83. The molecule has 0 bridgehead atoms. The topological polar surface area (TPSA) is 68.9 Å². The minimum Gasteiger partial charge on any atom is -0.392 e. The molecule has 19 heavy (non-hydrogen) atoms. The molecule has 0 unspecified atom stereocenters. The summed E-state index contributed by atoms with van der Waals surface area (Å²) in [4.78, 5) is 3.99. The van der Waals surface area contributed by atoms with Crippen molar-refractivity contribution in [3.63, 3.8) is 0 Å². The highest BCUT2D eigenvalue weighted by Gasteiger charge is 1.96. The summed E-state index contributed by atoms with van der Waals surface area (Å²) >= 11 is 0. The summed E-state index contributed by atoms with van der Waals surface area (Å²) in [5.41, 5.74) is 3.47. The summed E-state index contributed by atoms with van der Waals surface area (Å²) in [6.45, 7) is 0.876. The van der Waals surface area contributed by atoms with E-state index in [0.717, 1.165) is 24.2 Å². The van der Waals surface area contributed by atoms with Crippen molar-refractivity contribution in [2.24, 2.45) is 0 Å². The Morgan fingerprint density at radius 1 is 1.11 bits per heavy atom. The number of hydrogen-bond acceptors (Lipinski definition) is 4. The zero-order valence-electron chi connectivity index (χ0n) is 10.5. The SMILES string of the molecule is N#Cc1ccc(NCCc2ccc(CO)cc2)cn1. The van der Waals surface area contributed by atoms with Crippen LogP contribution in [0, 0.1) is 11.3 Å². The Bertz CT molecular complexity index is 555. The van der Waals surface area contributed by atoms with Gasteiger partial charge in [-0.2, -0.15) is 5.26 Å². The molecule has 0 radical (unpaired) electrons. The van der Waals surface area contributed by atoms with E-state index in [2.05, 4.69) is 10.3 Å². The van der Waals surface area contributed by atoms with Gasteiger partial charge in [-0.1, -0.05) is 24.3 Å². The highest BCUT2D eigenvalue weighted by Crippen LogP contribution is 2.08. The highest BCUT2D eigenvalue weighted by molar-refractivity contribution is 5.42. The molecule has 96 valence electrons. The maximum absolute atomic E-state index is 8.95. The van der Waals surface area contributed by atoms with Gasteiger partial charge in [0.15, 0.2) is 0 Å². The molecular weight excluding hydrogens is 238 g/mol. The van der Waals surface area contributed by atoms with Gasteiger partial charge in [0.1, 0.15) is 11.8 Å². The van der Waals surface area contributed by atoms with Crippen molar-refractivity contribution in [2.45, 2.75) is 13.0 Å². The molecule has 4 heteroatoms. The Morgan fingerprint density at radius 2 is 1.84 bits per heavy atom. The fourth-order valence-electron chi connectivity index (χ4n) is 1.73. The first-order valence-electron chi connectivity index (χ1n) is 6.10. The summed E-state index contributed by atoms with van der Waals surface area (Å²) in [7, 11) is 0. The molecular formula is C15H15N3O. The summed E-state index contributed by atoms with van der Waals surface area (Å²) < 4.78 is 0. The third-order valence-corrected chi connectivity index (χ3v) is 2.83. The van der Waals surface area contributed by atoms with Gasteiger partial charge in [-0.05, 0) is 29.7 Å². The van der Waals surface area contributed by atoms with Crippen molar-refractivity contribution in [1.29, 1.82) is 5.26 Å². The number of pyridine rings is 1. The van der Waals surface area contributed by atoms with E-state index >= 15 is 0 Å². The van der Waals surface area contributed by atoms with E-state index in [-0.39, 0.29) is 6.61 Å². The van der Waals surface area contributed by atoms with Gasteiger partial charge >= 0.3 is 0 Å². The minimum atomic E-state index is 0.0788. The smallest absolute Gasteiger partial charge is 0.140 e. The van der Waals surface area contributed by atoms with Gasteiger partial charge in [0.05, 0.1) is 18.5 Å². The summed E-state index contributed by atoms with van der Waals surface area (Å²) in [6.07, 6.45) is 2.55. The first kappa shape index (κ1) is 13.1. The van der Waals surface area contributed by atoms with E-state index in [1.807, 2.05) is 36.4 Å². The van der Waals surface area contributed by atoms with Crippen molar-refractivity contribution in [1.82, 2.24) is 4.98 Å². The lowest BCUT2D eigenvalue weighted by Gasteiger charge is -2.06. The molecule has 0 saturated heterocycles. The molecule has 2 rings (SSSR count). The second-order valence-corrected chi connectivity index (χ2v) is 4.20. The fraction of sp³-hybridized carbons (Fsp3) is 0.200. The van der Waals surface area contributed by atoms with Gasteiger partial charge in [-0.3, -0.25) is 0 Å². The van der Waals surface area contributed by atoms with Gasteiger partial charge < -0.3 is 10.4 Å². The van der Waals surface area contributed by atoms with Crippen molar-refractivity contribution in [2.75, 3.05) is 11.9 Å². The van der Waals surface area contributed by atoms with E-state index in [4.69, 9.17) is 10.4 Å². The largest absolute Gasteiger partial charge is 0.392 e. The number of rotatable bonds is 5. The van der Waals surface area contributed by atoms with Crippen LogP contribution in [0.5, 0.6) is 0 Å². The number of nitriles is 1. The number of hydrogen-bond donors (Lipinski definition) is 2. The highest BCUT2D eigenvalue weighted by atomic mass is 16.3. The molecule has 1 heterocycles. The summed E-state index contributed by atoms with van der Waals surface area (Å²) in [6, 6.07) is 13.4. The standard InChI is InChI=1S/C15H15N3O/c16-9-14-5-6-15(10-18-14)17-8-7-12-1-3-13(11-19)4-2-12/h1-6,10,17,19H,7-8,11H2. The van der Waals surface area contributed by atoms with Crippen LogP contribution in [0.2, 0.25) is 0 Å². The van der Waals surface area contributed by atoms with Gasteiger partial charge in [-0.25, -0.2) is 4.98 Å². The zero-order valence-corrected chi connectivity index (χ0v) is 10.5. The molecule has 1 aromatic carbocycles. The number of anilines is 1. The molecule has 0 aliphatic carbocycles. The van der Waals surface area contributed by atoms with Crippen molar-refractivity contribution < 1.29 is 5.11 Å². The predicted molar refractivity (Wildman–Crippen MR) is 73.5 cm³/mol. The van der Waals surface area contributed by atoms with Gasteiger partial charge in [0.25, 0.3) is 0 Å². The minimum absolute atomic E-state index is 0.0788. The Balaban J connectivity index is 1.83. The molecule has 4 nitrogen and oxygen atoms in total. The monoisotopic (exact) mass is 253 g/mol. The van der Waals surface area contributed by atoms with Crippen LogP contribution in [0.4, 0.5) is 5.69 Å². The van der Waals surface area contributed by atoms with Crippen molar-refractivity contribution >= 4 is 5.69 Å². The van der Waals surface area contributed by atoms with Crippen molar-refractivity contribution in [3.8, 4) is 6.07 Å².